The lowest BCUT2D eigenvalue weighted by Crippen LogP contribution is -2.62. The molecule has 2 N–H and O–H groups in total. The van der Waals surface area contributed by atoms with Crippen molar-refractivity contribution in [3.05, 3.63) is 18.2 Å². The molecule has 0 radical (unpaired) electrons. The number of ketones is 1. The van der Waals surface area contributed by atoms with E-state index in [1.54, 1.807) is 4.90 Å². The average Bonchev–Trinajstić information content (AvgIpc) is 2.68. The quantitative estimate of drug-likeness (QED) is 0.536. The number of Topliss-reactive ketones (excluding diaryl/α,β-unsaturated/α-hetero) is 1. The van der Waals surface area contributed by atoms with Crippen LogP contribution in [0.2, 0.25) is 0 Å². The SMILES string of the molecule is CCCCC1(C)CN(C2CCC2)C(=O)C(C2=NS(=O)(=O)c3cc(NS(C)(=O)=O)ccc3N2)C1=O. The first-order chi connectivity index (χ1) is 15.8. The summed E-state index contributed by atoms with van der Waals surface area (Å²) >= 11 is 0. The summed E-state index contributed by atoms with van der Waals surface area (Å²) in [5, 5.41) is 2.89. The molecule has 12 heteroatoms. The van der Waals surface area contributed by atoms with Crippen LogP contribution in [0.5, 0.6) is 0 Å². The van der Waals surface area contributed by atoms with Gasteiger partial charge in [0.1, 0.15) is 10.7 Å². The van der Waals surface area contributed by atoms with Crippen LogP contribution in [0.15, 0.2) is 27.5 Å². The highest BCUT2D eigenvalue weighted by Crippen LogP contribution is 2.41. The number of unbranched alkanes of at least 4 members (excludes halogenated alkanes) is 1. The summed E-state index contributed by atoms with van der Waals surface area (Å²) in [6.45, 7) is 4.22. The predicted molar refractivity (Wildman–Crippen MR) is 129 cm³/mol. The molecular formula is C22H30N4O6S2. The van der Waals surface area contributed by atoms with Crippen molar-refractivity contribution in [2.24, 2.45) is 15.7 Å². The Morgan fingerprint density at radius 3 is 2.56 bits per heavy atom. The van der Waals surface area contributed by atoms with E-state index < -0.39 is 37.3 Å². The maximum absolute atomic E-state index is 13.6. The van der Waals surface area contributed by atoms with E-state index in [-0.39, 0.29) is 33.9 Å². The van der Waals surface area contributed by atoms with Gasteiger partial charge in [-0.1, -0.05) is 26.7 Å². The molecule has 2 heterocycles. The lowest BCUT2D eigenvalue weighted by Gasteiger charge is -2.48. The Labute approximate surface area is 200 Å². The minimum Gasteiger partial charge on any atom is -0.341 e. The van der Waals surface area contributed by atoms with Crippen molar-refractivity contribution >= 4 is 48.9 Å². The van der Waals surface area contributed by atoms with Crippen LogP contribution in [-0.2, 0) is 29.6 Å². The molecule has 1 aromatic rings. The fourth-order valence-corrected chi connectivity index (χ4v) is 6.49. The maximum Gasteiger partial charge on any atom is 0.286 e. The van der Waals surface area contributed by atoms with Gasteiger partial charge in [-0.2, -0.15) is 8.42 Å². The Morgan fingerprint density at radius 2 is 1.97 bits per heavy atom. The van der Waals surface area contributed by atoms with Crippen molar-refractivity contribution in [3.63, 3.8) is 0 Å². The molecule has 34 heavy (non-hydrogen) atoms. The number of hydrogen-bond donors (Lipinski definition) is 2. The van der Waals surface area contributed by atoms with Gasteiger partial charge in [-0.3, -0.25) is 14.3 Å². The fraction of sp³-hybridized carbons (Fsp3) is 0.591. The third kappa shape index (κ3) is 4.57. The van der Waals surface area contributed by atoms with Crippen molar-refractivity contribution in [2.45, 2.75) is 63.3 Å². The molecule has 2 unspecified atom stereocenters. The number of anilines is 2. The number of carbonyl (C=O) groups is 2. The molecule has 1 aromatic carbocycles. The van der Waals surface area contributed by atoms with Crippen molar-refractivity contribution in [3.8, 4) is 0 Å². The zero-order valence-electron chi connectivity index (χ0n) is 19.5. The zero-order valence-corrected chi connectivity index (χ0v) is 21.1. The van der Waals surface area contributed by atoms with Gasteiger partial charge in [0.15, 0.2) is 11.7 Å². The van der Waals surface area contributed by atoms with Crippen molar-refractivity contribution in [1.82, 2.24) is 4.90 Å². The minimum atomic E-state index is -4.28. The lowest BCUT2D eigenvalue weighted by molar-refractivity contribution is -0.155. The molecule has 0 bridgehead atoms. The fourth-order valence-electron chi connectivity index (χ4n) is 4.76. The molecule has 10 nitrogen and oxygen atoms in total. The molecule has 3 aliphatic rings. The highest BCUT2D eigenvalue weighted by atomic mass is 32.2. The molecule has 2 fully saturated rings. The zero-order chi connectivity index (χ0) is 24.9. The summed E-state index contributed by atoms with van der Waals surface area (Å²) in [5.74, 6) is -2.25. The predicted octanol–water partition coefficient (Wildman–Crippen LogP) is 2.35. The van der Waals surface area contributed by atoms with Gasteiger partial charge in [-0.25, -0.2) is 8.42 Å². The number of nitrogens with zero attached hydrogens (tertiary/aromatic N) is 2. The molecule has 2 atom stereocenters. The number of sulfonamides is 2. The molecule has 0 spiro atoms. The van der Waals surface area contributed by atoms with Crippen LogP contribution in [0.4, 0.5) is 11.4 Å². The second-order valence-corrected chi connectivity index (χ2v) is 13.0. The van der Waals surface area contributed by atoms with Gasteiger partial charge in [0, 0.05) is 23.7 Å². The Morgan fingerprint density at radius 1 is 1.26 bits per heavy atom. The molecule has 1 amide bonds. The van der Waals surface area contributed by atoms with Crippen molar-refractivity contribution < 1.29 is 26.4 Å². The monoisotopic (exact) mass is 510 g/mol. The van der Waals surface area contributed by atoms with Gasteiger partial charge in [-0.05, 0) is 43.9 Å². The molecule has 1 aliphatic carbocycles. The van der Waals surface area contributed by atoms with Crippen LogP contribution in [0.3, 0.4) is 0 Å². The first-order valence-corrected chi connectivity index (χ1v) is 14.8. The number of carbonyl (C=O) groups excluding carboxylic acids is 2. The number of amidine groups is 1. The number of benzene rings is 1. The molecular weight excluding hydrogens is 480 g/mol. The number of rotatable bonds is 7. The van der Waals surface area contributed by atoms with E-state index in [1.165, 1.54) is 12.1 Å². The number of likely N-dealkylation sites (tertiary alicyclic amines) is 1. The van der Waals surface area contributed by atoms with Gasteiger partial charge in [0.05, 0.1) is 11.9 Å². The van der Waals surface area contributed by atoms with Crippen molar-refractivity contribution in [1.29, 1.82) is 0 Å². The van der Waals surface area contributed by atoms with Gasteiger partial charge < -0.3 is 10.2 Å². The Kier molecular flexibility index (Phi) is 6.26. The summed E-state index contributed by atoms with van der Waals surface area (Å²) in [5.41, 5.74) is -0.583. The molecule has 186 valence electrons. The maximum atomic E-state index is 13.6. The highest BCUT2D eigenvalue weighted by Gasteiger charge is 2.53. The van der Waals surface area contributed by atoms with Crippen molar-refractivity contribution in [2.75, 3.05) is 22.8 Å². The summed E-state index contributed by atoms with van der Waals surface area (Å²) < 4.78 is 55.2. The van der Waals surface area contributed by atoms with E-state index in [0.717, 1.165) is 44.4 Å². The van der Waals surface area contributed by atoms with Crippen LogP contribution in [0.25, 0.3) is 0 Å². The Bertz CT molecular complexity index is 1270. The first kappa shape index (κ1) is 24.6. The van der Waals surface area contributed by atoms with Crippen LogP contribution in [0.1, 0.15) is 52.4 Å². The largest absolute Gasteiger partial charge is 0.341 e. The van der Waals surface area contributed by atoms with Crippen LogP contribution in [-0.4, -0.2) is 58.1 Å². The topological polar surface area (TPSA) is 142 Å². The average molecular weight is 511 g/mol. The minimum absolute atomic E-state index is 0.0572. The molecule has 1 saturated carbocycles. The van der Waals surface area contributed by atoms with E-state index in [4.69, 9.17) is 0 Å². The third-order valence-corrected chi connectivity index (χ3v) is 8.76. The van der Waals surface area contributed by atoms with Crippen LogP contribution >= 0.6 is 0 Å². The van der Waals surface area contributed by atoms with Gasteiger partial charge in [-0.15, -0.1) is 4.40 Å². The van der Waals surface area contributed by atoms with Gasteiger partial charge >= 0.3 is 0 Å². The van der Waals surface area contributed by atoms with E-state index >= 15 is 0 Å². The lowest BCUT2D eigenvalue weighted by atomic mass is 9.70. The molecule has 0 aromatic heterocycles. The summed E-state index contributed by atoms with van der Waals surface area (Å²) in [6.07, 6.45) is 6.03. The van der Waals surface area contributed by atoms with Gasteiger partial charge in [0.2, 0.25) is 15.9 Å². The number of piperidine rings is 1. The number of nitrogens with one attached hydrogen (secondary N) is 2. The third-order valence-electron chi connectivity index (χ3n) is 6.82. The van der Waals surface area contributed by atoms with E-state index in [2.05, 4.69) is 14.4 Å². The van der Waals surface area contributed by atoms with Crippen LogP contribution < -0.4 is 10.0 Å². The molecule has 1 saturated heterocycles. The molecule has 4 rings (SSSR count). The highest BCUT2D eigenvalue weighted by molar-refractivity contribution is 7.92. The second-order valence-electron chi connectivity index (χ2n) is 9.67. The van der Waals surface area contributed by atoms with E-state index in [0.29, 0.717) is 13.0 Å². The normalized spacial score (nSPS) is 26.9. The van der Waals surface area contributed by atoms with Crippen LogP contribution in [0, 0.1) is 11.3 Å². The second kappa shape index (κ2) is 8.63. The summed E-state index contributed by atoms with van der Waals surface area (Å²) in [7, 11) is -7.89. The molecule has 2 aliphatic heterocycles. The van der Waals surface area contributed by atoms with Gasteiger partial charge in [0.25, 0.3) is 10.0 Å². The number of amides is 1. The summed E-state index contributed by atoms with van der Waals surface area (Å²) in [4.78, 5) is 28.6. The van der Waals surface area contributed by atoms with E-state index in [1.807, 2.05) is 13.8 Å². The number of hydrogen-bond acceptors (Lipinski definition) is 7. The summed E-state index contributed by atoms with van der Waals surface area (Å²) in [6, 6.07) is 4.02. The Balaban J connectivity index is 1.72. The standard InChI is InChI=1S/C22H30N4O6S2/c1-4-5-11-22(2)13-26(15-7-6-8-15)21(28)18(19(22)27)20-23-16-10-9-14(24-33(3,29)30)12-17(16)34(31,32)25-20/h9-10,12,15,18,24H,4-8,11,13H2,1-3H3,(H,23,25). The van der Waals surface area contributed by atoms with E-state index in [9.17, 15) is 26.4 Å². The smallest absolute Gasteiger partial charge is 0.286 e. The number of fused-ring (bicyclic) bond motifs is 1. The first-order valence-electron chi connectivity index (χ1n) is 11.4. The Hall–Kier alpha value is -2.47.